The highest BCUT2D eigenvalue weighted by molar-refractivity contribution is 9.11. The van der Waals surface area contributed by atoms with E-state index in [-0.39, 0.29) is 5.82 Å². The fourth-order valence-corrected chi connectivity index (χ4v) is 2.73. The van der Waals surface area contributed by atoms with Gasteiger partial charge in [0.2, 0.25) is 0 Å². The Morgan fingerprint density at radius 2 is 2.36 bits per heavy atom. The van der Waals surface area contributed by atoms with E-state index in [0.717, 1.165) is 10.3 Å². The second kappa shape index (κ2) is 3.92. The van der Waals surface area contributed by atoms with Crippen molar-refractivity contribution in [3.05, 3.63) is 27.4 Å². The van der Waals surface area contributed by atoms with Gasteiger partial charge in [0.15, 0.2) is 9.73 Å². The van der Waals surface area contributed by atoms with Gasteiger partial charge in [0.1, 0.15) is 5.52 Å². The van der Waals surface area contributed by atoms with E-state index >= 15 is 0 Å². The maximum Gasteiger partial charge on any atom is 0.160 e. The molecule has 0 unspecified atom stereocenters. The van der Waals surface area contributed by atoms with Gasteiger partial charge < -0.3 is 4.74 Å². The van der Waals surface area contributed by atoms with Crippen LogP contribution in [0.15, 0.2) is 16.0 Å². The molecule has 0 saturated carbocycles. The second-order valence-electron chi connectivity index (χ2n) is 2.82. The topological polar surface area (TPSA) is 22.1 Å². The molecule has 1 heterocycles. The molecule has 0 amide bonds. The van der Waals surface area contributed by atoms with Crippen LogP contribution in [0.3, 0.4) is 0 Å². The predicted octanol–water partition coefficient (Wildman–Crippen LogP) is 3.34. The minimum Gasteiger partial charge on any atom is -0.380 e. The average molecular weight is 276 g/mol. The number of ether oxygens (including phenoxy) is 1. The van der Waals surface area contributed by atoms with Crippen molar-refractivity contribution in [1.29, 1.82) is 0 Å². The first-order valence-corrected chi connectivity index (χ1v) is 5.55. The summed E-state index contributed by atoms with van der Waals surface area (Å²) in [6, 6.07) is 3.35. The van der Waals surface area contributed by atoms with Gasteiger partial charge in [-0.05, 0) is 33.6 Å². The van der Waals surface area contributed by atoms with E-state index in [9.17, 15) is 4.39 Å². The van der Waals surface area contributed by atoms with Gasteiger partial charge in [-0.3, -0.25) is 0 Å². The molecule has 2 aromatic rings. The van der Waals surface area contributed by atoms with Crippen LogP contribution in [0.5, 0.6) is 0 Å². The maximum absolute atomic E-state index is 13.5. The lowest BCUT2D eigenvalue weighted by Crippen LogP contribution is -1.89. The van der Waals surface area contributed by atoms with Crippen molar-refractivity contribution in [3.8, 4) is 0 Å². The first-order chi connectivity index (χ1) is 6.70. The molecule has 0 fully saturated rings. The van der Waals surface area contributed by atoms with Crippen molar-refractivity contribution in [3.63, 3.8) is 0 Å². The molecule has 0 bridgehead atoms. The minimum absolute atomic E-state index is 0.295. The zero-order chi connectivity index (χ0) is 10.1. The normalized spacial score (nSPS) is 11.1. The van der Waals surface area contributed by atoms with E-state index in [1.165, 1.54) is 17.4 Å². The fraction of sp³-hybridized carbons (Fsp3) is 0.222. The van der Waals surface area contributed by atoms with Crippen molar-refractivity contribution < 1.29 is 9.13 Å². The highest BCUT2D eigenvalue weighted by Crippen LogP contribution is 2.29. The number of halogens is 2. The highest BCUT2D eigenvalue weighted by atomic mass is 79.9. The number of nitrogens with zero attached hydrogens (tertiary/aromatic N) is 1. The monoisotopic (exact) mass is 275 g/mol. The van der Waals surface area contributed by atoms with Gasteiger partial charge in [-0.1, -0.05) is 0 Å². The summed E-state index contributed by atoms with van der Waals surface area (Å²) in [5, 5.41) is 0. The van der Waals surface area contributed by atoms with Crippen LogP contribution in [0.1, 0.15) is 5.56 Å². The molecule has 5 heteroatoms. The molecule has 1 aromatic heterocycles. The fourth-order valence-electron chi connectivity index (χ4n) is 1.26. The van der Waals surface area contributed by atoms with Crippen molar-refractivity contribution in [2.24, 2.45) is 0 Å². The summed E-state index contributed by atoms with van der Waals surface area (Å²) >= 11 is 4.65. The van der Waals surface area contributed by atoms with Crippen LogP contribution in [0, 0.1) is 5.82 Å². The number of aromatic nitrogens is 1. The largest absolute Gasteiger partial charge is 0.380 e. The minimum atomic E-state index is -0.295. The summed E-state index contributed by atoms with van der Waals surface area (Å²) in [5.41, 5.74) is 1.25. The predicted molar refractivity (Wildman–Crippen MR) is 58.0 cm³/mol. The first kappa shape index (κ1) is 10.0. The van der Waals surface area contributed by atoms with Gasteiger partial charge in [-0.2, -0.15) is 0 Å². The number of thiazole rings is 1. The van der Waals surface area contributed by atoms with Crippen molar-refractivity contribution in [2.45, 2.75) is 6.61 Å². The van der Waals surface area contributed by atoms with Crippen LogP contribution in [-0.2, 0) is 11.3 Å². The summed E-state index contributed by atoms with van der Waals surface area (Å²) in [7, 11) is 1.59. The van der Waals surface area contributed by atoms with Crippen molar-refractivity contribution in [2.75, 3.05) is 7.11 Å². The number of rotatable bonds is 2. The Morgan fingerprint density at radius 1 is 1.57 bits per heavy atom. The number of hydrogen-bond donors (Lipinski definition) is 0. The molecule has 0 aliphatic rings. The van der Waals surface area contributed by atoms with E-state index in [0.29, 0.717) is 16.0 Å². The lowest BCUT2D eigenvalue weighted by Gasteiger charge is -1.99. The maximum atomic E-state index is 13.5. The lowest BCUT2D eigenvalue weighted by molar-refractivity contribution is 0.184. The van der Waals surface area contributed by atoms with Gasteiger partial charge in [-0.25, -0.2) is 9.37 Å². The molecular weight excluding hydrogens is 269 g/mol. The third kappa shape index (κ3) is 1.80. The molecular formula is C9H7BrFNOS. The van der Waals surface area contributed by atoms with Crippen LogP contribution < -0.4 is 0 Å². The third-order valence-corrected chi connectivity index (χ3v) is 3.25. The summed E-state index contributed by atoms with van der Waals surface area (Å²) in [5.74, 6) is -0.295. The Kier molecular flexibility index (Phi) is 2.80. The van der Waals surface area contributed by atoms with Crippen molar-refractivity contribution >= 4 is 37.5 Å². The molecule has 0 atom stereocenters. The van der Waals surface area contributed by atoms with E-state index in [4.69, 9.17) is 4.74 Å². The average Bonchev–Trinajstić information content (AvgIpc) is 2.47. The van der Waals surface area contributed by atoms with Crippen LogP contribution in [0.4, 0.5) is 4.39 Å². The summed E-state index contributed by atoms with van der Waals surface area (Å²) < 4.78 is 19.9. The zero-order valence-corrected chi connectivity index (χ0v) is 9.78. The van der Waals surface area contributed by atoms with Gasteiger partial charge in [0.05, 0.1) is 11.3 Å². The Hall–Kier alpha value is -0.520. The smallest absolute Gasteiger partial charge is 0.160 e. The Labute approximate surface area is 92.8 Å². The molecule has 0 aliphatic carbocycles. The van der Waals surface area contributed by atoms with Gasteiger partial charge >= 0.3 is 0 Å². The second-order valence-corrected chi connectivity index (χ2v) is 5.13. The number of fused-ring (bicyclic) bond motifs is 1. The summed E-state index contributed by atoms with van der Waals surface area (Å²) in [6.45, 7) is 0.419. The molecule has 0 aliphatic heterocycles. The molecule has 1 aromatic carbocycles. The van der Waals surface area contributed by atoms with Crippen LogP contribution >= 0.6 is 27.3 Å². The van der Waals surface area contributed by atoms with E-state index in [2.05, 4.69) is 20.9 Å². The summed E-state index contributed by atoms with van der Waals surface area (Å²) in [4.78, 5) is 4.03. The van der Waals surface area contributed by atoms with Crippen LogP contribution in [0.2, 0.25) is 0 Å². The molecule has 0 saturated heterocycles. The summed E-state index contributed by atoms with van der Waals surface area (Å²) in [6.07, 6.45) is 0. The molecule has 14 heavy (non-hydrogen) atoms. The number of hydrogen-bond acceptors (Lipinski definition) is 3. The lowest BCUT2D eigenvalue weighted by atomic mass is 10.2. The molecule has 0 radical (unpaired) electrons. The van der Waals surface area contributed by atoms with Gasteiger partial charge in [0, 0.05) is 7.11 Å². The van der Waals surface area contributed by atoms with Crippen molar-refractivity contribution in [1.82, 2.24) is 4.98 Å². The quantitative estimate of drug-likeness (QED) is 0.839. The number of benzene rings is 1. The highest BCUT2D eigenvalue weighted by Gasteiger charge is 2.08. The molecule has 0 N–H and O–H groups in total. The SMILES string of the molecule is COCc1cc(F)c2nc(Br)sc2c1. The van der Waals surface area contributed by atoms with Crippen LogP contribution in [-0.4, -0.2) is 12.1 Å². The first-order valence-electron chi connectivity index (χ1n) is 3.94. The molecule has 2 nitrogen and oxygen atoms in total. The molecule has 0 spiro atoms. The van der Waals surface area contributed by atoms with Crippen LogP contribution in [0.25, 0.3) is 10.2 Å². The van der Waals surface area contributed by atoms with Gasteiger partial charge in [0.25, 0.3) is 0 Å². The Bertz CT molecular complexity index is 471. The zero-order valence-electron chi connectivity index (χ0n) is 7.38. The number of methoxy groups -OCH3 is 1. The third-order valence-electron chi connectivity index (χ3n) is 1.79. The Balaban J connectivity index is 2.59. The van der Waals surface area contributed by atoms with E-state index in [1.54, 1.807) is 7.11 Å². The van der Waals surface area contributed by atoms with E-state index < -0.39 is 0 Å². The molecule has 74 valence electrons. The standard InChI is InChI=1S/C9H7BrFNOS/c1-13-4-5-2-6(11)8-7(3-5)14-9(10)12-8/h2-3H,4H2,1H3. The van der Waals surface area contributed by atoms with Gasteiger partial charge in [-0.15, -0.1) is 11.3 Å². The molecule has 2 rings (SSSR count). The Morgan fingerprint density at radius 3 is 3.07 bits per heavy atom. The van der Waals surface area contributed by atoms with E-state index in [1.807, 2.05) is 6.07 Å².